The molecule has 1 heterocycles. The van der Waals surface area contributed by atoms with Crippen LogP contribution in [0.4, 0.5) is 4.39 Å². The summed E-state index contributed by atoms with van der Waals surface area (Å²) >= 11 is 1.75. The molecule has 6 heteroatoms. The fourth-order valence-electron chi connectivity index (χ4n) is 2.22. The molecule has 0 bridgehead atoms. The number of nitrogens with zero attached hydrogens (tertiary/aromatic N) is 1. The van der Waals surface area contributed by atoms with E-state index in [2.05, 4.69) is 0 Å². The van der Waals surface area contributed by atoms with Gasteiger partial charge in [-0.15, -0.1) is 0 Å². The number of hydrogen-bond acceptors (Lipinski definition) is 3. The molecule has 100 valence electrons. The van der Waals surface area contributed by atoms with Crippen molar-refractivity contribution in [1.29, 1.82) is 0 Å². The molecule has 0 aromatic heterocycles. The summed E-state index contributed by atoms with van der Waals surface area (Å²) in [5.74, 6) is 1.25. The van der Waals surface area contributed by atoms with Crippen LogP contribution in [0, 0.1) is 19.7 Å². The fourth-order valence-corrected chi connectivity index (χ4v) is 5.21. The molecule has 0 aliphatic carbocycles. The molecule has 1 aliphatic heterocycles. The number of sulfonamides is 1. The predicted molar refractivity (Wildman–Crippen MR) is 72.0 cm³/mol. The van der Waals surface area contributed by atoms with E-state index >= 15 is 0 Å². The first-order valence-corrected chi connectivity index (χ1v) is 8.37. The zero-order valence-corrected chi connectivity index (χ0v) is 12.1. The first kappa shape index (κ1) is 13.8. The fraction of sp³-hybridized carbons (Fsp3) is 0.500. The van der Waals surface area contributed by atoms with E-state index in [4.69, 9.17) is 0 Å². The van der Waals surface area contributed by atoms with Gasteiger partial charge in [-0.05, 0) is 37.1 Å². The van der Waals surface area contributed by atoms with E-state index in [1.165, 1.54) is 16.4 Å². The Morgan fingerprint density at radius 3 is 2.17 bits per heavy atom. The molecule has 18 heavy (non-hydrogen) atoms. The smallest absolute Gasteiger partial charge is 0.207 e. The Morgan fingerprint density at radius 2 is 1.67 bits per heavy atom. The standard InChI is InChI=1S/C12H16FNO2S2/c1-9-7-11(13)8-10(2)12(9)18(15,16)14-3-5-17-6-4-14/h7-8H,3-6H2,1-2H3. The Bertz CT molecular complexity index is 528. The second-order valence-corrected chi connectivity index (χ2v) is 7.48. The number of thioether (sulfide) groups is 1. The van der Waals surface area contributed by atoms with Gasteiger partial charge >= 0.3 is 0 Å². The topological polar surface area (TPSA) is 37.4 Å². The van der Waals surface area contributed by atoms with Crippen LogP contribution in [0.5, 0.6) is 0 Å². The van der Waals surface area contributed by atoms with E-state index in [1.807, 2.05) is 0 Å². The number of rotatable bonds is 2. The van der Waals surface area contributed by atoms with E-state index < -0.39 is 15.8 Å². The van der Waals surface area contributed by atoms with Crippen molar-refractivity contribution in [3.63, 3.8) is 0 Å². The second-order valence-electron chi connectivity index (χ2n) is 4.39. The molecule has 1 aromatic carbocycles. The van der Waals surface area contributed by atoms with Crippen LogP contribution in [0.1, 0.15) is 11.1 Å². The maximum absolute atomic E-state index is 13.2. The van der Waals surface area contributed by atoms with Crippen molar-refractivity contribution in [2.45, 2.75) is 18.7 Å². The average Bonchev–Trinajstić information content (AvgIpc) is 2.28. The highest BCUT2D eigenvalue weighted by Crippen LogP contribution is 2.26. The van der Waals surface area contributed by atoms with Crippen LogP contribution in [0.25, 0.3) is 0 Å². The van der Waals surface area contributed by atoms with Crippen molar-refractivity contribution in [3.8, 4) is 0 Å². The highest BCUT2D eigenvalue weighted by atomic mass is 32.2. The zero-order valence-electron chi connectivity index (χ0n) is 10.4. The summed E-state index contributed by atoms with van der Waals surface area (Å²) in [4.78, 5) is 0.260. The number of hydrogen-bond donors (Lipinski definition) is 0. The Kier molecular flexibility index (Phi) is 3.99. The molecule has 1 saturated heterocycles. The van der Waals surface area contributed by atoms with Crippen molar-refractivity contribution < 1.29 is 12.8 Å². The molecule has 3 nitrogen and oxygen atoms in total. The first-order chi connectivity index (χ1) is 8.43. The van der Waals surface area contributed by atoms with Crippen LogP contribution in [0.3, 0.4) is 0 Å². The Hall–Kier alpha value is -0.590. The minimum Gasteiger partial charge on any atom is -0.207 e. The van der Waals surface area contributed by atoms with Crippen LogP contribution >= 0.6 is 11.8 Å². The van der Waals surface area contributed by atoms with E-state index in [0.717, 1.165) is 11.5 Å². The summed E-state index contributed by atoms with van der Waals surface area (Å²) in [5.41, 5.74) is 0.955. The SMILES string of the molecule is Cc1cc(F)cc(C)c1S(=O)(=O)N1CCSCC1. The lowest BCUT2D eigenvalue weighted by Gasteiger charge is -2.27. The highest BCUT2D eigenvalue weighted by Gasteiger charge is 2.29. The van der Waals surface area contributed by atoms with Crippen LogP contribution in [-0.2, 0) is 10.0 Å². The van der Waals surface area contributed by atoms with Gasteiger partial charge < -0.3 is 0 Å². The number of aryl methyl sites for hydroxylation is 2. The predicted octanol–water partition coefficient (Wildman–Crippen LogP) is 2.18. The molecule has 2 rings (SSSR count). The van der Waals surface area contributed by atoms with Crippen LogP contribution in [0.15, 0.2) is 17.0 Å². The van der Waals surface area contributed by atoms with Gasteiger partial charge in [-0.1, -0.05) is 0 Å². The average molecular weight is 289 g/mol. The van der Waals surface area contributed by atoms with E-state index in [9.17, 15) is 12.8 Å². The molecule has 0 saturated carbocycles. The monoisotopic (exact) mass is 289 g/mol. The molecule has 1 aliphatic rings. The first-order valence-electron chi connectivity index (χ1n) is 5.77. The maximum Gasteiger partial charge on any atom is 0.243 e. The van der Waals surface area contributed by atoms with Crippen LogP contribution in [0.2, 0.25) is 0 Å². The van der Waals surface area contributed by atoms with Crippen molar-refractivity contribution in [1.82, 2.24) is 4.31 Å². The van der Waals surface area contributed by atoms with Crippen molar-refractivity contribution in [2.24, 2.45) is 0 Å². The summed E-state index contributed by atoms with van der Waals surface area (Å²) in [6, 6.07) is 2.55. The Balaban J connectivity index is 2.47. The molecule has 0 N–H and O–H groups in total. The summed E-state index contributed by atoms with van der Waals surface area (Å²) < 4.78 is 39.8. The van der Waals surface area contributed by atoms with Gasteiger partial charge in [-0.3, -0.25) is 0 Å². The van der Waals surface area contributed by atoms with Gasteiger partial charge in [0, 0.05) is 24.6 Å². The van der Waals surface area contributed by atoms with Gasteiger partial charge in [0.05, 0.1) is 4.90 Å². The van der Waals surface area contributed by atoms with E-state index in [-0.39, 0.29) is 4.90 Å². The van der Waals surface area contributed by atoms with Crippen LogP contribution in [-0.4, -0.2) is 37.3 Å². The Morgan fingerprint density at radius 1 is 1.17 bits per heavy atom. The molecular weight excluding hydrogens is 273 g/mol. The summed E-state index contributed by atoms with van der Waals surface area (Å²) in [6.07, 6.45) is 0. The second kappa shape index (κ2) is 5.19. The summed E-state index contributed by atoms with van der Waals surface area (Å²) in [7, 11) is -3.49. The summed E-state index contributed by atoms with van der Waals surface area (Å²) in [5, 5.41) is 0. The molecule has 0 radical (unpaired) electrons. The summed E-state index contributed by atoms with van der Waals surface area (Å²) in [6.45, 7) is 4.34. The van der Waals surface area contributed by atoms with Crippen LogP contribution < -0.4 is 0 Å². The lowest BCUT2D eigenvalue weighted by Crippen LogP contribution is -2.38. The minimum atomic E-state index is -3.49. The van der Waals surface area contributed by atoms with Gasteiger partial charge in [-0.25, -0.2) is 12.8 Å². The van der Waals surface area contributed by atoms with Gasteiger partial charge in [0.15, 0.2) is 0 Å². The Labute approximate surface area is 111 Å². The third-order valence-electron chi connectivity index (χ3n) is 2.99. The highest BCUT2D eigenvalue weighted by molar-refractivity contribution is 7.99. The molecule has 0 amide bonds. The van der Waals surface area contributed by atoms with Crippen molar-refractivity contribution in [2.75, 3.05) is 24.6 Å². The molecule has 0 atom stereocenters. The van der Waals surface area contributed by atoms with Gasteiger partial charge in [0.25, 0.3) is 0 Å². The third-order valence-corrected chi connectivity index (χ3v) is 6.14. The van der Waals surface area contributed by atoms with Gasteiger partial charge in [0.1, 0.15) is 5.82 Å². The van der Waals surface area contributed by atoms with Crippen molar-refractivity contribution >= 4 is 21.8 Å². The maximum atomic E-state index is 13.2. The molecular formula is C12H16FNO2S2. The molecule has 1 aromatic rings. The normalized spacial score (nSPS) is 17.9. The zero-order chi connectivity index (χ0) is 13.3. The lowest BCUT2D eigenvalue weighted by molar-refractivity contribution is 0.442. The van der Waals surface area contributed by atoms with Gasteiger partial charge in [-0.2, -0.15) is 16.1 Å². The van der Waals surface area contributed by atoms with Crippen molar-refractivity contribution in [3.05, 3.63) is 29.1 Å². The lowest BCUT2D eigenvalue weighted by atomic mass is 10.1. The largest absolute Gasteiger partial charge is 0.243 e. The molecule has 0 spiro atoms. The number of benzene rings is 1. The molecule has 0 unspecified atom stereocenters. The van der Waals surface area contributed by atoms with E-state index in [1.54, 1.807) is 25.6 Å². The van der Waals surface area contributed by atoms with Gasteiger partial charge in [0.2, 0.25) is 10.0 Å². The van der Waals surface area contributed by atoms with E-state index in [0.29, 0.717) is 24.2 Å². The quantitative estimate of drug-likeness (QED) is 0.837. The minimum absolute atomic E-state index is 0.260. The molecule has 1 fully saturated rings. The number of halogens is 1. The third kappa shape index (κ3) is 2.55.